The van der Waals surface area contributed by atoms with Crippen molar-refractivity contribution in [3.8, 4) is 5.75 Å². The summed E-state index contributed by atoms with van der Waals surface area (Å²) in [5, 5.41) is 3.32. The highest BCUT2D eigenvalue weighted by Gasteiger charge is 2.33. The fourth-order valence-electron chi connectivity index (χ4n) is 3.12. The fraction of sp³-hybridized carbons (Fsp3) is 0.588. The second-order valence-electron chi connectivity index (χ2n) is 6.26. The molecule has 0 bridgehead atoms. The number of nitrogens with one attached hydrogen (secondary N) is 1. The SMILES string of the molecule is COc1ccc([C@H]2C[C@H](C)N(C(=O)CNC3CC3)C2)cc1. The summed E-state index contributed by atoms with van der Waals surface area (Å²) in [6.07, 6.45) is 3.48. The third-order valence-electron chi connectivity index (χ3n) is 4.60. The van der Waals surface area contributed by atoms with E-state index in [0.29, 0.717) is 24.5 Å². The standard InChI is InChI=1S/C17H24N2O2/c1-12-9-14(13-3-7-16(21-2)8-4-13)11-19(12)17(20)10-18-15-5-6-15/h3-4,7-8,12,14-15,18H,5-6,9-11H2,1-2H3/t12-,14-/m0/s1. The van der Waals surface area contributed by atoms with Crippen molar-refractivity contribution in [1.82, 2.24) is 10.2 Å². The third-order valence-corrected chi connectivity index (χ3v) is 4.60. The number of methoxy groups -OCH3 is 1. The summed E-state index contributed by atoms with van der Waals surface area (Å²) in [4.78, 5) is 14.3. The second-order valence-corrected chi connectivity index (χ2v) is 6.26. The molecular formula is C17H24N2O2. The fourth-order valence-corrected chi connectivity index (χ4v) is 3.12. The molecule has 4 heteroatoms. The molecule has 1 heterocycles. The molecule has 2 atom stereocenters. The quantitative estimate of drug-likeness (QED) is 0.902. The van der Waals surface area contributed by atoms with Gasteiger partial charge in [-0.25, -0.2) is 0 Å². The number of amides is 1. The van der Waals surface area contributed by atoms with E-state index in [1.807, 2.05) is 17.0 Å². The Balaban J connectivity index is 1.59. The summed E-state index contributed by atoms with van der Waals surface area (Å²) in [5.74, 6) is 1.56. The van der Waals surface area contributed by atoms with Crippen LogP contribution in [0.3, 0.4) is 0 Å². The van der Waals surface area contributed by atoms with Gasteiger partial charge in [0, 0.05) is 24.5 Å². The number of benzene rings is 1. The van der Waals surface area contributed by atoms with Gasteiger partial charge in [-0.05, 0) is 43.9 Å². The zero-order valence-electron chi connectivity index (χ0n) is 12.8. The number of carbonyl (C=O) groups is 1. The molecular weight excluding hydrogens is 264 g/mol. The van der Waals surface area contributed by atoms with Crippen LogP contribution in [0.1, 0.15) is 37.7 Å². The lowest BCUT2D eigenvalue weighted by Gasteiger charge is -2.21. The summed E-state index contributed by atoms with van der Waals surface area (Å²) >= 11 is 0. The molecule has 1 saturated heterocycles. The first-order valence-electron chi connectivity index (χ1n) is 7.84. The molecule has 21 heavy (non-hydrogen) atoms. The van der Waals surface area contributed by atoms with Gasteiger partial charge in [-0.2, -0.15) is 0 Å². The molecule has 114 valence electrons. The van der Waals surface area contributed by atoms with Crippen LogP contribution in [0.25, 0.3) is 0 Å². The van der Waals surface area contributed by atoms with E-state index in [1.54, 1.807) is 7.11 Å². The monoisotopic (exact) mass is 288 g/mol. The van der Waals surface area contributed by atoms with Gasteiger partial charge in [0.05, 0.1) is 13.7 Å². The van der Waals surface area contributed by atoms with Crippen LogP contribution in [0.5, 0.6) is 5.75 Å². The molecule has 2 aliphatic rings. The van der Waals surface area contributed by atoms with Crippen molar-refractivity contribution in [2.75, 3.05) is 20.2 Å². The summed E-state index contributed by atoms with van der Waals surface area (Å²) in [7, 11) is 1.68. The van der Waals surface area contributed by atoms with E-state index in [1.165, 1.54) is 18.4 Å². The first-order valence-corrected chi connectivity index (χ1v) is 7.84. The van der Waals surface area contributed by atoms with E-state index >= 15 is 0 Å². The van der Waals surface area contributed by atoms with Crippen molar-refractivity contribution in [2.24, 2.45) is 0 Å². The number of ether oxygens (including phenoxy) is 1. The van der Waals surface area contributed by atoms with Crippen molar-refractivity contribution < 1.29 is 9.53 Å². The molecule has 0 spiro atoms. The van der Waals surface area contributed by atoms with E-state index < -0.39 is 0 Å². The van der Waals surface area contributed by atoms with Crippen LogP contribution in [-0.4, -0.2) is 43.1 Å². The van der Waals surface area contributed by atoms with Crippen molar-refractivity contribution in [2.45, 2.75) is 44.2 Å². The lowest BCUT2D eigenvalue weighted by Crippen LogP contribution is -2.40. The molecule has 1 aliphatic heterocycles. The van der Waals surface area contributed by atoms with Crippen LogP contribution in [0, 0.1) is 0 Å². The van der Waals surface area contributed by atoms with Crippen LogP contribution in [0.15, 0.2) is 24.3 Å². The van der Waals surface area contributed by atoms with Gasteiger partial charge in [0.25, 0.3) is 0 Å². The maximum Gasteiger partial charge on any atom is 0.236 e. The van der Waals surface area contributed by atoms with Gasteiger partial charge in [0.2, 0.25) is 5.91 Å². The highest BCUT2D eigenvalue weighted by Crippen LogP contribution is 2.32. The van der Waals surface area contributed by atoms with Crippen LogP contribution in [0.2, 0.25) is 0 Å². The Bertz CT molecular complexity index is 496. The zero-order chi connectivity index (χ0) is 14.8. The van der Waals surface area contributed by atoms with E-state index in [-0.39, 0.29) is 5.91 Å². The number of likely N-dealkylation sites (tertiary alicyclic amines) is 1. The number of rotatable bonds is 5. The van der Waals surface area contributed by atoms with Gasteiger partial charge >= 0.3 is 0 Å². The maximum absolute atomic E-state index is 12.3. The van der Waals surface area contributed by atoms with Gasteiger partial charge in [0.15, 0.2) is 0 Å². The molecule has 1 aromatic carbocycles. The van der Waals surface area contributed by atoms with Crippen LogP contribution in [0.4, 0.5) is 0 Å². The minimum absolute atomic E-state index is 0.241. The maximum atomic E-state index is 12.3. The van der Waals surface area contributed by atoms with Gasteiger partial charge in [-0.15, -0.1) is 0 Å². The first kappa shape index (κ1) is 14.4. The van der Waals surface area contributed by atoms with E-state index in [4.69, 9.17) is 4.74 Å². The van der Waals surface area contributed by atoms with E-state index in [0.717, 1.165) is 18.7 Å². The number of hydrogen-bond acceptors (Lipinski definition) is 3. The zero-order valence-corrected chi connectivity index (χ0v) is 12.8. The van der Waals surface area contributed by atoms with Gasteiger partial charge in [0.1, 0.15) is 5.75 Å². The second kappa shape index (κ2) is 6.06. The van der Waals surface area contributed by atoms with Crippen LogP contribution < -0.4 is 10.1 Å². The Morgan fingerprint density at radius 2 is 2.05 bits per heavy atom. The smallest absolute Gasteiger partial charge is 0.236 e. The molecule has 2 fully saturated rings. The number of carbonyl (C=O) groups excluding carboxylic acids is 1. The molecule has 1 saturated carbocycles. The Morgan fingerprint density at radius 3 is 2.67 bits per heavy atom. The Morgan fingerprint density at radius 1 is 1.33 bits per heavy atom. The summed E-state index contributed by atoms with van der Waals surface area (Å²) in [5.41, 5.74) is 1.30. The summed E-state index contributed by atoms with van der Waals surface area (Å²) in [6.45, 7) is 3.47. The molecule has 1 aromatic rings. The summed E-state index contributed by atoms with van der Waals surface area (Å²) < 4.78 is 5.20. The van der Waals surface area contributed by atoms with Crippen molar-refractivity contribution >= 4 is 5.91 Å². The molecule has 1 amide bonds. The lowest BCUT2D eigenvalue weighted by molar-refractivity contribution is -0.130. The van der Waals surface area contributed by atoms with Crippen molar-refractivity contribution in [3.05, 3.63) is 29.8 Å². The minimum Gasteiger partial charge on any atom is -0.497 e. The lowest BCUT2D eigenvalue weighted by atomic mass is 9.97. The number of nitrogens with zero attached hydrogens (tertiary/aromatic N) is 1. The van der Waals surface area contributed by atoms with Crippen LogP contribution in [-0.2, 0) is 4.79 Å². The predicted molar refractivity (Wildman–Crippen MR) is 82.6 cm³/mol. The Hall–Kier alpha value is -1.55. The van der Waals surface area contributed by atoms with E-state index in [9.17, 15) is 4.79 Å². The van der Waals surface area contributed by atoms with Gasteiger partial charge in [-0.3, -0.25) is 4.79 Å². The topological polar surface area (TPSA) is 41.6 Å². The van der Waals surface area contributed by atoms with Gasteiger partial charge in [-0.1, -0.05) is 12.1 Å². The minimum atomic E-state index is 0.241. The largest absolute Gasteiger partial charge is 0.497 e. The average molecular weight is 288 g/mol. The van der Waals surface area contributed by atoms with Crippen molar-refractivity contribution in [1.29, 1.82) is 0 Å². The molecule has 1 aliphatic carbocycles. The molecule has 0 unspecified atom stereocenters. The van der Waals surface area contributed by atoms with Gasteiger partial charge < -0.3 is 15.0 Å². The molecule has 3 rings (SSSR count). The molecule has 4 nitrogen and oxygen atoms in total. The third kappa shape index (κ3) is 3.38. The Kier molecular flexibility index (Phi) is 4.15. The first-order chi connectivity index (χ1) is 10.2. The normalized spacial score (nSPS) is 25.1. The molecule has 0 aromatic heterocycles. The average Bonchev–Trinajstić information content (AvgIpc) is 3.26. The van der Waals surface area contributed by atoms with Crippen molar-refractivity contribution in [3.63, 3.8) is 0 Å². The predicted octanol–water partition coefficient (Wildman–Crippen LogP) is 2.15. The van der Waals surface area contributed by atoms with E-state index in [2.05, 4.69) is 24.4 Å². The highest BCUT2D eigenvalue weighted by molar-refractivity contribution is 5.79. The number of hydrogen-bond donors (Lipinski definition) is 1. The Labute approximate surface area is 126 Å². The highest BCUT2D eigenvalue weighted by atomic mass is 16.5. The molecule has 0 radical (unpaired) electrons. The molecule has 1 N–H and O–H groups in total. The van der Waals surface area contributed by atoms with Crippen LogP contribution >= 0.6 is 0 Å². The summed E-state index contributed by atoms with van der Waals surface area (Å²) in [6, 6.07) is 9.15.